The summed E-state index contributed by atoms with van der Waals surface area (Å²) in [5.41, 5.74) is 8.72. The van der Waals surface area contributed by atoms with Gasteiger partial charge in [-0.15, -0.1) is 0 Å². The summed E-state index contributed by atoms with van der Waals surface area (Å²) in [7, 11) is 0. The van der Waals surface area contributed by atoms with Crippen molar-refractivity contribution in [3.63, 3.8) is 0 Å². The maximum Gasteiger partial charge on any atom is 0.103 e. The highest BCUT2D eigenvalue weighted by Gasteiger charge is 2.05. The van der Waals surface area contributed by atoms with Crippen LogP contribution in [0.15, 0.2) is 24.4 Å². The first kappa shape index (κ1) is 8.52. The molecular formula is C11H9N3. The summed E-state index contributed by atoms with van der Waals surface area (Å²) in [5, 5.41) is 9.63. The lowest BCUT2D eigenvalue weighted by atomic mass is 10.1. The van der Waals surface area contributed by atoms with Crippen molar-refractivity contribution in [1.82, 2.24) is 4.98 Å². The summed E-state index contributed by atoms with van der Waals surface area (Å²) < 4.78 is 0. The number of aryl methyl sites for hydroxylation is 1. The summed E-state index contributed by atoms with van der Waals surface area (Å²) in [5.74, 6) is 0. The van der Waals surface area contributed by atoms with E-state index in [-0.39, 0.29) is 0 Å². The number of rotatable bonds is 0. The number of nitriles is 1. The monoisotopic (exact) mass is 183 g/mol. The molecule has 1 heterocycles. The number of anilines is 1. The average molecular weight is 183 g/mol. The fourth-order valence-corrected chi connectivity index (χ4v) is 1.48. The second-order valence-electron chi connectivity index (χ2n) is 3.17. The van der Waals surface area contributed by atoms with Crippen molar-refractivity contribution in [3.05, 3.63) is 35.5 Å². The van der Waals surface area contributed by atoms with Gasteiger partial charge in [-0.05, 0) is 12.5 Å². The van der Waals surface area contributed by atoms with Crippen molar-refractivity contribution in [2.45, 2.75) is 6.92 Å². The number of hydrogen-bond donors (Lipinski definition) is 1. The van der Waals surface area contributed by atoms with Crippen LogP contribution in [0.5, 0.6) is 0 Å². The number of benzene rings is 1. The van der Waals surface area contributed by atoms with Crippen LogP contribution in [0.4, 0.5) is 5.69 Å². The molecule has 0 aliphatic carbocycles. The summed E-state index contributed by atoms with van der Waals surface area (Å²) in [6.07, 6.45) is 1.52. The minimum absolute atomic E-state index is 0.433. The van der Waals surface area contributed by atoms with Crippen LogP contribution in [-0.2, 0) is 0 Å². The number of nitrogens with zero attached hydrogens (tertiary/aromatic N) is 2. The van der Waals surface area contributed by atoms with E-state index >= 15 is 0 Å². The van der Waals surface area contributed by atoms with E-state index in [0.29, 0.717) is 11.3 Å². The highest BCUT2D eigenvalue weighted by Crippen LogP contribution is 2.24. The van der Waals surface area contributed by atoms with Gasteiger partial charge < -0.3 is 5.73 Å². The Kier molecular flexibility index (Phi) is 1.83. The fourth-order valence-electron chi connectivity index (χ4n) is 1.48. The second-order valence-corrected chi connectivity index (χ2v) is 3.17. The quantitative estimate of drug-likeness (QED) is 0.679. The Labute approximate surface area is 81.8 Å². The van der Waals surface area contributed by atoms with Crippen molar-refractivity contribution in [2.75, 3.05) is 5.73 Å². The first-order valence-electron chi connectivity index (χ1n) is 4.28. The lowest BCUT2D eigenvalue weighted by Crippen LogP contribution is -1.95. The summed E-state index contributed by atoms with van der Waals surface area (Å²) >= 11 is 0. The molecule has 0 unspecified atom stereocenters. The molecule has 3 heteroatoms. The largest absolute Gasteiger partial charge is 0.397 e. The molecule has 3 nitrogen and oxygen atoms in total. The molecular weight excluding hydrogens is 174 g/mol. The van der Waals surface area contributed by atoms with Crippen LogP contribution >= 0.6 is 0 Å². The minimum atomic E-state index is 0.433. The third kappa shape index (κ3) is 1.09. The van der Waals surface area contributed by atoms with E-state index in [1.807, 2.05) is 31.2 Å². The lowest BCUT2D eigenvalue weighted by Gasteiger charge is -2.04. The van der Waals surface area contributed by atoms with Gasteiger partial charge in [-0.2, -0.15) is 5.26 Å². The van der Waals surface area contributed by atoms with Gasteiger partial charge >= 0.3 is 0 Å². The standard InChI is InChI=1S/C11H9N3/c1-7-3-2-4-9-10(13)8(5-12)6-14-11(7)9/h2-4,6H,1H3,(H2,13,14). The Bertz CT molecular complexity index is 538. The number of pyridine rings is 1. The molecule has 0 saturated carbocycles. The SMILES string of the molecule is Cc1cccc2c(N)c(C#N)cnc12. The third-order valence-electron chi connectivity index (χ3n) is 2.26. The first-order chi connectivity index (χ1) is 6.74. The molecule has 0 aliphatic rings. The maximum atomic E-state index is 8.78. The molecule has 2 aromatic rings. The summed E-state index contributed by atoms with van der Waals surface area (Å²) in [6.45, 7) is 1.97. The van der Waals surface area contributed by atoms with E-state index in [1.165, 1.54) is 6.20 Å². The molecule has 2 N–H and O–H groups in total. The highest BCUT2D eigenvalue weighted by atomic mass is 14.7. The molecule has 0 radical (unpaired) electrons. The molecule has 0 saturated heterocycles. The second kappa shape index (κ2) is 3.00. The molecule has 0 bridgehead atoms. The van der Waals surface area contributed by atoms with Gasteiger partial charge in [-0.25, -0.2) is 0 Å². The molecule has 1 aromatic carbocycles. The van der Waals surface area contributed by atoms with Crippen molar-refractivity contribution >= 4 is 16.6 Å². The van der Waals surface area contributed by atoms with Gasteiger partial charge in [0.25, 0.3) is 0 Å². The Morgan fingerprint density at radius 1 is 1.43 bits per heavy atom. The van der Waals surface area contributed by atoms with Crippen molar-refractivity contribution in [3.8, 4) is 6.07 Å². The van der Waals surface area contributed by atoms with Crippen molar-refractivity contribution in [2.24, 2.45) is 0 Å². The molecule has 0 atom stereocenters. The van der Waals surface area contributed by atoms with Crippen LogP contribution in [-0.4, -0.2) is 4.98 Å². The zero-order valence-electron chi connectivity index (χ0n) is 7.78. The molecule has 1 aromatic heterocycles. The minimum Gasteiger partial charge on any atom is -0.397 e. The smallest absolute Gasteiger partial charge is 0.103 e. The Hall–Kier alpha value is -2.08. The highest BCUT2D eigenvalue weighted by molar-refractivity contribution is 5.94. The predicted octanol–water partition coefficient (Wildman–Crippen LogP) is 2.00. The Morgan fingerprint density at radius 3 is 2.93 bits per heavy atom. The van der Waals surface area contributed by atoms with E-state index in [4.69, 9.17) is 11.0 Å². The van der Waals surface area contributed by atoms with Crippen LogP contribution in [0.3, 0.4) is 0 Å². The Morgan fingerprint density at radius 2 is 2.21 bits per heavy atom. The fraction of sp³-hybridized carbons (Fsp3) is 0.0909. The topological polar surface area (TPSA) is 62.7 Å². The first-order valence-corrected chi connectivity index (χ1v) is 4.28. The zero-order valence-corrected chi connectivity index (χ0v) is 7.78. The van der Waals surface area contributed by atoms with Gasteiger partial charge in [0.05, 0.1) is 16.8 Å². The number of nitrogens with two attached hydrogens (primary N) is 1. The van der Waals surface area contributed by atoms with Gasteiger partial charge in [0.1, 0.15) is 6.07 Å². The maximum absolute atomic E-state index is 8.78. The lowest BCUT2D eigenvalue weighted by molar-refractivity contribution is 1.34. The van der Waals surface area contributed by atoms with Gasteiger partial charge in [0.15, 0.2) is 0 Å². The number of nitrogen functional groups attached to an aromatic ring is 1. The zero-order chi connectivity index (χ0) is 10.1. The molecule has 0 spiro atoms. The van der Waals surface area contributed by atoms with E-state index < -0.39 is 0 Å². The summed E-state index contributed by atoms with van der Waals surface area (Å²) in [4.78, 5) is 4.21. The van der Waals surface area contributed by atoms with Crippen LogP contribution in [0, 0.1) is 18.3 Å². The van der Waals surface area contributed by atoms with Gasteiger partial charge in [0.2, 0.25) is 0 Å². The molecule has 2 rings (SSSR count). The third-order valence-corrected chi connectivity index (χ3v) is 2.26. The van der Waals surface area contributed by atoms with E-state index in [0.717, 1.165) is 16.5 Å². The van der Waals surface area contributed by atoms with Crippen LogP contribution < -0.4 is 5.73 Å². The van der Waals surface area contributed by atoms with Crippen LogP contribution in [0.25, 0.3) is 10.9 Å². The van der Waals surface area contributed by atoms with E-state index in [9.17, 15) is 0 Å². The van der Waals surface area contributed by atoms with Crippen molar-refractivity contribution < 1.29 is 0 Å². The number of fused-ring (bicyclic) bond motifs is 1. The predicted molar refractivity (Wildman–Crippen MR) is 55.6 cm³/mol. The van der Waals surface area contributed by atoms with Gasteiger partial charge in [-0.3, -0.25) is 4.98 Å². The van der Waals surface area contributed by atoms with Crippen molar-refractivity contribution in [1.29, 1.82) is 5.26 Å². The van der Waals surface area contributed by atoms with Crippen LogP contribution in [0.1, 0.15) is 11.1 Å². The average Bonchev–Trinajstić information content (AvgIpc) is 2.20. The van der Waals surface area contributed by atoms with E-state index in [2.05, 4.69) is 4.98 Å². The number of hydrogen-bond acceptors (Lipinski definition) is 3. The van der Waals surface area contributed by atoms with Crippen LogP contribution in [0.2, 0.25) is 0 Å². The molecule has 0 fully saturated rings. The number of para-hydroxylation sites is 1. The molecule has 0 aliphatic heterocycles. The number of aromatic nitrogens is 1. The van der Waals surface area contributed by atoms with E-state index in [1.54, 1.807) is 0 Å². The summed E-state index contributed by atoms with van der Waals surface area (Å²) in [6, 6.07) is 7.79. The van der Waals surface area contributed by atoms with Gasteiger partial charge in [-0.1, -0.05) is 18.2 Å². The normalized spacial score (nSPS) is 10.0. The molecule has 14 heavy (non-hydrogen) atoms. The van der Waals surface area contributed by atoms with Gasteiger partial charge in [0, 0.05) is 11.6 Å². The molecule has 68 valence electrons. The molecule has 0 amide bonds. The Balaban J connectivity index is 2.92.